The van der Waals surface area contributed by atoms with Crippen LogP contribution in [-0.4, -0.2) is 20.7 Å². The Labute approximate surface area is 137 Å². The van der Waals surface area contributed by atoms with Crippen molar-refractivity contribution in [2.75, 3.05) is 0 Å². The molecule has 0 saturated carbocycles. The van der Waals surface area contributed by atoms with Crippen LogP contribution in [0.1, 0.15) is 36.8 Å². The van der Waals surface area contributed by atoms with Crippen LogP contribution < -0.4 is 5.32 Å². The number of alkyl halides is 3. The van der Waals surface area contributed by atoms with Gasteiger partial charge in [0.25, 0.3) is 0 Å². The van der Waals surface area contributed by atoms with Crippen LogP contribution in [0, 0.1) is 0 Å². The molecule has 1 atom stereocenters. The van der Waals surface area contributed by atoms with Crippen molar-refractivity contribution >= 4 is 11.5 Å². The molecule has 0 bridgehead atoms. The summed E-state index contributed by atoms with van der Waals surface area (Å²) >= 11 is 0. The lowest BCUT2D eigenvalue weighted by molar-refractivity contribution is -0.137. The van der Waals surface area contributed by atoms with E-state index in [1.54, 1.807) is 25.5 Å². The van der Waals surface area contributed by atoms with E-state index in [1.807, 2.05) is 0 Å². The molecule has 5 nitrogen and oxygen atoms in total. The summed E-state index contributed by atoms with van der Waals surface area (Å²) in [5.74, 6) is 0.242. The molecule has 1 unspecified atom stereocenters. The van der Waals surface area contributed by atoms with E-state index in [1.165, 1.54) is 24.5 Å². The van der Waals surface area contributed by atoms with Gasteiger partial charge in [-0.2, -0.15) is 13.2 Å². The highest BCUT2D eigenvalue weighted by Crippen LogP contribution is 2.30. The van der Waals surface area contributed by atoms with E-state index in [0.29, 0.717) is 17.0 Å². The van der Waals surface area contributed by atoms with Gasteiger partial charge < -0.3 is 9.88 Å². The monoisotopic (exact) mass is 338 g/mol. The van der Waals surface area contributed by atoms with Gasteiger partial charge in [0.05, 0.1) is 11.6 Å². The number of aromatic nitrogens is 3. The number of benzene rings is 1. The fourth-order valence-corrected chi connectivity index (χ4v) is 2.21. The second kappa shape index (κ2) is 6.86. The molecule has 1 heterocycles. The van der Waals surface area contributed by atoms with Gasteiger partial charge in [-0.1, -0.05) is 12.1 Å². The van der Waals surface area contributed by atoms with Crippen molar-refractivity contribution in [3.63, 3.8) is 0 Å². The minimum absolute atomic E-state index is 0.346. The van der Waals surface area contributed by atoms with Crippen molar-refractivity contribution in [1.29, 1.82) is 0 Å². The number of nitrogens with zero attached hydrogens (tertiary/aromatic N) is 3. The molecule has 8 heteroatoms. The summed E-state index contributed by atoms with van der Waals surface area (Å²) in [6.45, 7) is 3.43. The zero-order valence-electron chi connectivity index (χ0n) is 13.4. The molecule has 0 aliphatic carbocycles. The number of allylic oxidation sites excluding steroid dienone is 1. The maximum atomic E-state index is 12.5. The normalized spacial score (nSPS) is 13.7. The predicted octanol–water partition coefficient (Wildman–Crippen LogP) is 3.11. The third-order valence-corrected chi connectivity index (χ3v) is 3.51. The van der Waals surface area contributed by atoms with Crippen molar-refractivity contribution in [3.8, 4) is 0 Å². The van der Waals surface area contributed by atoms with Crippen LogP contribution in [0.2, 0.25) is 0 Å². The Bertz CT molecular complexity index is 747. The minimum atomic E-state index is -4.38. The maximum Gasteiger partial charge on any atom is 0.416 e. The zero-order chi connectivity index (χ0) is 17.9. The van der Waals surface area contributed by atoms with Gasteiger partial charge >= 0.3 is 6.18 Å². The first-order valence-corrected chi connectivity index (χ1v) is 7.19. The van der Waals surface area contributed by atoms with Gasteiger partial charge in [0.2, 0.25) is 5.91 Å². The summed E-state index contributed by atoms with van der Waals surface area (Å²) in [6.07, 6.45) is -1.50. The van der Waals surface area contributed by atoms with Crippen molar-refractivity contribution in [2.24, 2.45) is 7.05 Å². The van der Waals surface area contributed by atoms with Crippen molar-refractivity contribution < 1.29 is 18.0 Å². The molecule has 1 N–H and O–H groups in total. The van der Waals surface area contributed by atoms with E-state index in [9.17, 15) is 18.0 Å². The number of carbonyl (C=O) groups excluding carboxylic acids is 1. The molecule has 0 aliphatic heterocycles. The quantitative estimate of drug-likeness (QED) is 0.872. The first-order chi connectivity index (χ1) is 11.2. The maximum absolute atomic E-state index is 12.5. The number of amides is 1. The molecule has 2 rings (SSSR count). The summed E-state index contributed by atoms with van der Waals surface area (Å²) in [5, 5.41) is 10.4. The lowest BCUT2D eigenvalue weighted by Crippen LogP contribution is -2.26. The number of carbonyl (C=O) groups is 1. The Hall–Kier alpha value is -2.64. The van der Waals surface area contributed by atoms with Gasteiger partial charge in [0.1, 0.15) is 6.33 Å². The van der Waals surface area contributed by atoms with Crippen LogP contribution in [0.5, 0.6) is 0 Å². The molecule has 0 fully saturated rings. The summed E-state index contributed by atoms with van der Waals surface area (Å²) in [7, 11) is 1.77. The SMILES string of the molecule is CC(=CC(=O)NC(C)c1nncn1C)c1ccc(C(F)(F)F)cc1. The molecule has 128 valence electrons. The smallest absolute Gasteiger partial charge is 0.343 e. The lowest BCUT2D eigenvalue weighted by atomic mass is 10.0. The number of nitrogens with one attached hydrogen (secondary N) is 1. The fourth-order valence-electron chi connectivity index (χ4n) is 2.21. The Morgan fingerprint density at radius 1 is 1.29 bits per heavy atom. The minimum Gasteiger partial charge on any atom is -0.343 e. The number of aryl methyl sites for hydroxylation is 1. The summed E-state index contributed by atoms with van der Waals surface area (Å²) < 4.78 is 39.3. The molecular weight excluding hydrogens is 321 g/mol. The van der Waals surface area contributed by atoms with Crippen LogP contribution in [-0.2, 0) is 18.0 Å². The standard InChI is InChI=1S/C16H17F3N4O/c1-10(12-4-6-13(7-5-12)16(17,18)19)8-14(24)21-11(2)15-22-20-9-23(15)3/h4-9,11H,1-3H3,(H,21,24). The van der Waals surface area contributed by atoms with Gasteiger partial charge in [-0.05, 0) is 37.1 Å². The highest BCUT2D eigenvalue weighted by molar-refractivity contribution is 5.95. The van der Waals surface area contributed by atoms with Crippen LogP contribution >= 0.6 is 0 Å². The molecule has 0 spiro atoms. The van der Waals surface area contributed by atoms with Crippen LogP contribution in [0.3, 0.4) is 0 Å². The van der Waals surface area contributed by atoms with E-state index in [-0.39, 0.29) is 11.9 Å². The Balaban J connectivity index is 2.07. The third-order valence-electron chi connectivity index (χ3n) is 3.51. The molecule has 0 aliphatic rings. The van der Waals surface area contributed by atoms with Crippen molar-refractivity contribution in [1.82, 2.24) is 20.1 Å². The first kappa shape index (κ1) is 17.7. The zero-order valence-corrected chi connectivity index (χ0v) is 13.4. The highest BCUT2D eigenvalue weighted by Gasteiger charge is 2.29. The number of halogens is 3. The molecule has 1 aromatic heterocycles. The summed E-state index contributed by atoms with van der Waals surface area (Å²) in [6, 6.07) is 4.32. The van der Waals surface area contributed by atoms with E-state index in [0.717, 1.165) is 12.1 Å². The fraction of sp³-hybridized carbons (Fsp3) is 0.312. The van der Waals surface area contributed by atoms with Crippen LogP contribution in [0.25, 0.3) is 5.57 Å². The molecule has 0 radical (unpaired) electrons. The van der Waals surface area contributed by atoms with Gasteiger partial charge in [-0.3, -0.25) is 4.79 Å². The Morgan fingerprint density at radius 3 is 2.42 bits per heavy atom. The predicted molar refractivity (Wildman–Crippen MR) is 82.7 cm³/mol. The van der Waals surface area contributed by atoms with Gasteiger partial charge in [-0.15, -0.1) is 10.2 Å². The molecular formula is C16H17F3N4O. The highest BCUT2D eigenvalue weighted by atomic mass is 19.4. The second-order valence-corrected chi connectivity index (χ2v) is 5.43. The second-order valence-electron chi connectivity index (χ2n) is 5.43. The number of hydrogen-bond acceptors (Lipinski definition) is 3. The number of hydrogen-bond donors (Lipinski definition) is 1. The molecule has 1 aromatic carbocycles. The van der Waals surface area contributed by atoms with Crippen molar-refractivity contribution in [3.05, 3.63) is 53.6 Å². The van der Waals surface area contributed by atoms with E-state index < -0.39 is 11.7 Å². The average Bonchev–Trinajstić information content (AvgIpc) is 2.92. The van der Waals surface area contributed by atoms with Crippen LogP contribution in [0.15, 0.2) is 36.7 Å². The topological polar surface area (TPSA) is 59.8 Å². The van der Waals surface area contributed by atoms with E-state index in [4.69, 9.17) is 0 Å². The molecule has 0 saturated heterocycles. The van der Waals surface area contributed by atoms with E-state index >= 15 is 0 Å². The van der Waals surface area contributed by atoms with E-state index in [2.05, 4.69) is 15.5 Å². The average molecular weight is 338 g/mol. The van der Waals surface area contributed by atoms with Gasteiger partial charge in [0.15, 0.2) is 5.82 Å². The molecule has 2 aromatic rings. The van der Waals surface area contributed by atoms with Crippen LogP contribution in [0.4, 0.5) is 13.2 Å². The Morgan fingerprint density at radius 2 is 1.92 bits per heavy atom. The Kier molecular flexibility index (Phi) is 5.06. The molecule has 24 heavy (non-hydrogen) atoms. The largest absolute Gasteiger partial charge is 0.416 e. The summed E-state index contributed by atoms with van der Waals surface area (Å²) in [4.78, 5) is 12.0. The first-order valence-electron chi connectivity index (χ1n) is 7.19. The summed E-state index contributed by atoms with van der Waals surface area (Å²) in [5.41, 5.74) is 0.384. The lowest BCUT2D eigenvalue weighted by Gasteiger charge is -2.12. The third kappa shape index (κ3) is 4.21. The number of rotatable bonds is 4. The molecule has 1 amide bonds. The van der Waals surface area contributed by atoms with Crippen molar-refractivity contribution in [2.45, 2.75) is 26.1 Å². The van der Waals surface area contributed by atoms with Gasteiger partial charge in [-0.25, -0.2) is 0 Å². The van der Waals surface area contributed by atoms with Gasteiger partial charge in [0, 0.05) is 13.1 Å².